The molecule has 1 atom stereocenters. The number of amides is 1. The van der Waals surface area contributed by atoms with Gasteiger partial charge in [-0.25, -0.2) is 9.97 Å². The van der Waals surface area contributed by atoms with Crippen molar-refractivity contribution in [2.24, 2.45) is 16.9 Å². The van der Waals surface area contributed by atoms with Gasteiger partial charge in [0.25, 0.3) is 0 Å². The molecule has 6 nitrogen and oxygen atoms in total. The van der Waals surface area contributed by atoms with Crippen LogP contribution in [0.3, 0.4) is 0 Å². The molecular weight excluding hydrogens is 230 g/mol. The predicted molar refractivity (Wildman–Crippen MR) is 68.8 cm³/mol. The van der Waals surface area contributed by atoms with Crippen molar-refractivity contribution in [3.63, 3.8) is 0 Å². The van der Waals surface area contributed by atoms with E-state index in [-0.39, 0.29) is 5.91 Å². The molecule has 4 N–H and O–H groups in total. The fourth-order valence-electron chi connectivity index (χ4n) is 2.20. The van der Waals surface area contributed by atoms with Gasteiger partial charge in [-0.05, 0) is 26.3 Å². The first kappa shape index (κ1) is 12.8. The fraction of sp³-hybridized carbons (Fsp3) is 0.583. The van der Waals surface area contributed by atoms with Crippen LogP contribution in [0.25, 0.3) is 0 Å². The molecule has 18 heavy (non-hydrogen) atoms. The number of primary amides is 1. The Bertz CT molecular complexity index is 476. The zero-order valence-electron chi connectivity index (χ0n) is 10.8. The Balaban J connectivity index is 2.24. The van der Waals surface area contributed by atoms with Crippen molar-refractivity contribution in [1.82, 2.24) is 9.97 Å². The Hall–Kier alpha value is -1.69. The average Bonchev–Trinajstić information content (AvgIpc) is 2.72. The van der Waals surface area contributed by atoms with Crippen LogP contribution in [-0.4, -0.2) is 29.0 Å². The van der Waals surface area contributed by atoms with Crippen LogP contribution in [0.2, 0.25) is 0 Å². The summed E-state index contributed by atoms with van der Waals surface area (Å²) in [4.78, 5) is 22.2. The summed E-state index contributed by atoms with van der Waals surface area (Å²) in [6, 6.07) is 1.87. The topological polar surface area (TPSA) is 98.1 Å². The molecule has 1 unspecified atom stereocenters. The number of carbonyl (C=O) groups excluding carboxylic acids is 1. The second-order valence-electron chi connectivity index (χ2n) is 5.10. The molecule has 0 saturated carbocycles. The Kier molecular flexibility index (Phi) is 3.21. The molecular formula is C12H19N5O. The van der Waals surface area contributed by atoms with Crippen molar-refractivity contribution in [3.8, 4) is 0 Å². The number of rotatable bonds is 3. The molecule has 0 spiro atoms. The first-order valence-corrected chi connectivity index (χ1v) is 6.04. The fourth-order valence-corrected chi connectivity index (χ4v) is 2.20. The highest BCUT2D eigenvalue weighted by Gasteiger charge is 2.39. The van der Waals surface area contributed by atoms with Crippen molar-refractivity contribution < 1.29 is 4.79 Å². The lowest BCUT2D eigenvalue weighted by Gasteiger charge is -2.21. The highest BCUT2D eigenvalue weighted by atomic mass is 16.1. The number of carbonyl (C=O) groups is 1. The summed E-state index contributed by atoms with van der Waals surface area (Å²) in [6.45, 7) is 5.49. The van der Waals surface area contributed by atoms with E-state index in [9.17, 15) is 4.79 Å². The van der Waals surface area contributed by atoms with Crippen LogP contribution >= 0.6 is 0 Å². The van der Waals surface area contributed by atoms with Gasteiger partial charge >= 0.3 is 0 Å². The van der Waals surface area contributed by atoms with E-state index in [1.807, 2.05) is 24.8 Å². The summed E-state index contributed by atoms with van der Waals surface area (Å²) in [7, 11) is 0. The molecule has 0 bridgehead atoms. The Labute approximate surface area is 106 Å². The smallest absolute Gasteiger partial charge is 0.225 e. The summed E-state index contributed by atoms with van der Waals surface area (Å²) in [5, 5.41) is 0. The second-order valence-corrected chi connectivity index (χ2v) is 5.10. The van der Waals surface area contributed by atoms with Crippen molar-refractivity contribution >= 4 is 11.9 Å². The molecule has 98 valence electrons. The minimum atomic E-state index is -0.490. The lowest BCUT2D eigenvalue weighted by molar-refractivity contribution is -0.125. The first-order valence-electron chi connectivity index (χ1n) is 6.04. The summed E-state index contributed by atoms with van der Waals surface area (Å²) in [5.74, 6) is 0.372. The van der Waals surface area contributed by atoms with Gasteiger partial charge in [0.1, 0.15) is 0 Å². The van der Waals surface area contributed by atoms with E-state index < -0.39 is 5.41 Å². The van der Waals surface area contributed by atoms with Crippen LogP contribution in [0, 0.1) is 12.3 Å². The van der Waals surface area contributed by atoms with Crippen LogP contribution < -0.4 is 16.4 Å². The van der Waals surface area contributed by atoms with Gasteiger partial charge < -0.3 is 16.4 Å². The van der Waals surface area contributed by atoms with Gasteiger partial charge in [-0.1, -0.05) is 0 Å². The van der Waals surface area contributed by atoms with Gasteiger partial charge in [0.05, 0.1) is 11.1 Å². The van der Waals surface area contributed by atoms with Gasteiger partial charge in [0.2, 0.25) is 11.9 Å². The number of aryl methyl sites for hydroxylation is 1. The Morgan fingerprint density at radius 1 is 1.56 bits per heavy atom. The van der Waals surface area contributed by atoms with E-state index in [1.165, 1.54) is 0 Å². The minimum Gasteiger partial charge on any atom is -0.369 e. The molecule has 0 aromatic carbocycles. The molecule has 1 aromatic heterocycles. The van der Waals surface area contributed by atoms with Crippen molar-refractivity contribution in [2.45, 2.75) is 26.8 Å². The SMILES string of the molecule is Cc1cc(CN)nc(N2CCC(C)(C(N)=O)C2)n1. The highest BCUT2D eigenvalue weighted by Crippen LogP contribution is 2.31. The van der Waals surface area contributed by atoms with E-state index in [1.54, 1.807) is 0 Å². The normalized spacial score (nSPS) is 23.4. The zero-order chi connectivity index (χ0) is 13.3. The quantitative estimate of drug-likeness (QED) is 0.782. The third kappa shape index (κ3) is 2.28. The number of nitrogens with zero attached hydrogens (tertiary/aromatic N) is 3. The average molecular weight is 249 g/mol. The zero-order valence-corrected chi connectivity index (χ0v) is 10.8. The van der Waals surface area contributed by atoms with Crippen LogP contribution in [0.15, 0.2) is 6.07 Å². The number of nitrogens with two attached hydrogens (primary N) is 2. The molecule has 1 aliphatic heterocycles. The maximum Gasteiger partial charge on any atom is 0.225 e. The lowest BCUT2D eigenvalue weighted by atomic mass is 9.89. The molecule has 6 heteroatoms. The van der Waals surface area contributed by atoms with Crippen LogP contribution in [0.5, 0.6) is 0 Å². The van der Waals surface area contributed by atoms with E-state index in [2.05, 4.69) is 9.97 Å². The molecule has 0 radical (unpaired) electrons. The number of anilines is 1. The molecule has 2 rings (SSSR count). The molecule has 1 aliphatic rings. The van der Waals surface area contributed by atoms with Gasteiger partial charge in [-0.15, -0.1) is 0 Å². The van der Waals surface area contributed by atoms with Crippen molar-refractivity contribution in [1.29, 1.82) is 0 Å². The van der Waals surface area contributed by atoms with E-state index in [0.29, 0.717) is 19.0 Å². The minimum absolute atomic E-state index is 0.267. The van der Waals surface area contributed by atoms with Gasteiger partial charge in [-0.2, -0.15) is 0 Å². The van der Waals surface area contributed by atoms with E-state index in [4.69, 9.17) is 11.5 Å². The molecule has 1 saturated heterocycles. The predicted octanol–water partition coefficient (Wildman–Crippen LogP) is -0.0546. The van der Waals surface area contributed by atoms with Crippen LogP contribution in [0.4, 0.5) is 5.95 Å². The number of hydrogen-bond donors (Lipinski definition) is 2. The molecule has 1 fully saturated rings. The summed E-state index contributed by atoms with van der Waals surface area (Å²) >= 11 is 0. The second kappa shape index (κ2) is 4.53. The van der Waals surface area contributed by atoms with Crippen molar-refractivity contribution in [2.75, 3.05) is 18.0 Å². The summed E-state index contributed by atoms with van der Waals surface area (Å²) in [6.07, 6.45) is 0.734. The van der Waals surface area contributed by atoms with Gasteiger partial charge in [-0.3, -0.25) is 4.79 Å². The number of aromatic nitrogens is 2. The standard InChI is InChI=1S/C12H19N5O/c1-8-5-9(6-13)16-11(15-8)17-4-3-12(2,7-17)10(14)18/h5H,3-4,6-7,13H2,1-2H3,(H2,14,18). The Morgan fingerprint density at radius 2 is 2.28 bits per heavy atom. The van der Waals surface area contributed by atoms with E-state index in [0.717, 1.165) is 24.4 Å². The third-order valence-electron chi connectivity index (χ3n) is 3.46. The molecule has 0 aliphatic carbocycles. The summed E-state index contributed by atoms with van der Waals surface area (Å²) < 4.78 is 0. The van der Waals surface area contributed by atoms with Crippen molar-refractivity contribution in [3.05, 3.63) is 17.5 Å². The summed E-state index contributed by atoms with van der Waals surface area (Å²) in [5.41, 5.74) is 12.2. The Morgan fingerprint density at radius 3 is 2.83 bits per heavy atom. The third-order valence-corrected chi connectivity index (χ3v) is 3.46. The van der Waals surface area contributed by atoms with Crippen LogP contribution in [-0.2, 0) is 11.3 Å². The largest absolute Gasteiger partial charge is 0.369 e. The van der Waals surface area contributed by atoms with E-state index >= 15 is 0 Å². The maximum atomic E-state index is 11.4. The first-order chi connectivity index (χ1) is 8.44. The molecule has 1 amide bonds. The maximum absolute atomic E-state index is 11.4. The van der Waals surface area contributed by atoms with Crippen LogP contribution in [0.1, 0.15) is 24.7 Å². The number of hydrogen-bond acceptors (Lipinski definition) is 5. The highest BCUT2D eigenvalue weighted by molar-refractivity contribution is 5.81. The molecule has 2 heterocycles. The van der Waals surface area contributed by atoms with Gasteiger partial charge in [0.15, 0.2) is 0 Å². The molecule has 1 aromatic rings. The van der Waals surface area contributed by atoms with Gasteiger partial charge in [0, 0.05) is 25.3 Å². The monoisotopic (exact) mass is 249 g/mol. The lowest BCUT2D eigenvalue weighted by Crippen LogP contribution is -2.37.